The van der Waals surface area contributed by atoms with Crippen LogP contribution in [0.2, 0.25) is 0 Å². The quantitative estimate of drug-likeness (QED) is 0.692. The maximum atomic E-state index is 13.3. The van der Waals surface area contributed by atoms with E-state index in [1.165, 1.54) is 9.18 Å². The zero-order chi connectivity index (χ0) is 21.8. The minimum atomic E-state index is -3.70. The average Bonchev–Trinajstić information content (AvgIpc) is 3.21. The molecule has 1 unspecified atom stereocenters. The molecule has 1 fully saturated rings. The Balaban J connectivity index is 1.41. The van der Waals surface area contributed by atoms with E-state index in [4.69, 9.17) is 0 Å². The van der Waals surface area contributed by atoms with Crippen LogP contribution in [0.1, 0.15) is 36.1 Å². The highest BCUT2D eigenvalue weighted by molar-refractivity contribution is 7.89. The second-order valence-corrected chi connectivity index (χ2v) is 11.0. The number of fused-ring (bicyclic) bond motifs is 1. The number of nitrogens with zero attached hydrogens (tertiary/aromatic N) is 1. The smallest absolute Gasteiger partial charge is 0.243 e. The van der Waals surface area contributed by atoms with Gasteiger partial charge in [0.1, 0.15) is 0 Å². The van der Waals surface area contributed by atoms with Gasteiger partial charge in [0.2, 0.25) is 21.8 Å². The van der Waals surface area contributed by atoms with Gasteiger partial charge >= 0.3 is 0 Å². The number of aryl methyl sites for hydroxylation is 1. The molecule has 2 amide bonds. The molecule has 7 nitrogen and oxygen atoms in total. The largest absolute Gasteiger partial charge is 0.355 e. The van der Waals surface area contributed by atoms with Crippen LogP contribution in [0.3, 0.4) is 0 Å². The van der Waals surface area contributed by atoms with Gasteiger partial charge in [0.25, 0.3) is 0 Å². The third-order valence-corrected chi connectivity index (χ3v) is 8.64. The van der Waals surface area contributed by atoms with E-state index in [0.717, 1.165) is 12.0 Å². The molecule has 9 heteroatoms. The summed E-state index contributed by atoms with van der Waals surface area (Å²) in [6, 6.07) is 8.91. The van der Waals surface area contributed by atoms with Crippen LogP contribution < -0.4 is 10.6 Å². The number of hydrogen-bond donors (Lipinski definition) is 2. The summed E-state index contributed by atoms with van der Waals surface area (Å²) in [5.74, 6) is -0.466. The molecule has 1 aromatic carbocycles. The number of sulfonamides is 1. The molecule has 1 saturated heterocycles. The Bertz CT molecular complexity index is 1050. The molecule has 31 heavy (non-hydrogen) atoms. The summed E-state index contributed by atoms with van der Waals surface area (Å²) < 4.78 is 28.0. The lowest BCUT2D eigenvalue weighted by molar-refractivity contribution is -0.126. The topological polar surface area (TPSA) is 95.6 Å². The summed E-state index contributed by atoms with van der Waals surface area (Å²) in [4.78, 5) is 25.8. The number of rotatable bonds is 6. The third-order valence-electron chi connectivity index (χ3n) is 5.84. The first-order valence-electron chi connectivity index (χ1n) is 10.7. The molecule has 166 valence electrons. The number of piperidine rings is 1. The van der Waals surface area contributed by atoms with E-state index in [1.54, 1.807) is 29.5 Å². The molecule has 1 atom stereocenters. The zero-order valence-electron chi connectivity index (χ0n) is 17.3. The molecule has 0 radical (unpaired) electrons. The van der Waals surface area contributed by atoms with Gasteiger partial charge < -0.3 is 10.6 Å². The van der Waals surface area contributed by atoms with Crippen LogP contribution in [0.15, 0.2) is 40.6 Å². The van der Waals surface area contributed by atoms with E-state index in [0.29, 0.717) is 50.9 Å². The molecule has 2 aliphatic rings. The van der Waals surface area contributed by atoms with Crippen molar-refractivity contribution in [1.82, 2.24) is 9.62 Å². The summed E-state index contributed by atoms with van der Waals surface area (Å²) in [5, 5.41) is 7.80. The molecular weight excluding hydrogens is 434 g/mol. The number of amides is 2. The minimum absolute atomic E-state index is 0.0432. The molecule has 2 N–H and O–H groups in total. The standard InChI is InChI=1S/C22H27N3O4S2/c26-21-7-1-4-16-14-19(8-9-20(16)24-21)31(28,29)25-12-2-5-17(15-25)22(27)23-11-10-18-6-3-13-30-18/h3,6,8-9,13-14,17H,1-2,4-5,7,10-12,15H2,(H,23,27)(H,24,26). The molecule has 3 heterocycles. The van der Waals surface area contributed by atoms with Gasteiger partial charge in [0, 0.05) is 36.6 Å². The molecule has 0 spiro atoms. The zero-order valence-corrected chi connectivity index (χ0v) is 18.9. The summed E-state index contributed by atoms with van der Waals surface area (Å²) in [7, 11) is -3.70. The predicted molar refractivity (Wildman–Crippen MR) is 121 cm³/mol. The van der Waals surface area contributed by atoms with E-state index >= 15 is 0 Å². The van der Waals surface area contributed by atoms with Gasteiger partial charge in [-0.05, 0) is 67.3 Å². The highest BCUT2D eigenvalue weighted by Gasteiger charge is 2.33. The molecular formula is C22H27N3O4S2. The molecule has 2 aromatic rings. The second-order valence-electron chi connectivity index (χ2n) is 8.04. The van der Waals surface area contributed by atoms with E-state index in [-0.39, 0.29) is 29.2 Å². The van der Waals surface area contributed by atoms with Crippen molar-refractivity contribution in [2.45, 2.75) is 43.4 Å². The number of hydrogen-bond acceptors (Lipinski definition) is 5. The summed E-state index contributed by atoms with van der Waals surface area (Å²) in [6.07, 6.45) is 3.92. The normalized spacial score (nSPS) is 19.9. The lowest BCUT2D eigenvalue weighted by Gasteiger charge is -2.31. The lowest BCUT2D eigenvalue weighted by Crippen LogP contribution is -2.45. The first-order valence-corrected chi connectivity index (χ1v) is 13.0. The van der Waals surface area contributed by atoms with Crippen LogP contribution >= 0.6 is 11.3 Å². The van der Waals surface area contributed by atoms with Crippen molar-refractivity contribution in [3.63, 3.8) is 0 Å². The van der Waals surface area contributed by atoms with Crippen LogP contribution in [0.4, 0.5) is 5.69 Å². The van der Waals surface area contributed by atoms with E-state index < -0.39 is 10.0 Å². The highest BCUT2D eigenvalue weighted by atomic mass is 32.2. The number of carbonyl (C=O) groups is 2. The average molecular weight is 462 g/mol. The number of carbonyl (C=O) groups excluding carboxylic acids is 2. The van der Waals surface area contributed by atoms with Crippen molar-refractivity contribution < 1.29 is 18.0 Å². The first kappa shape index (κ1) is 22.0. The number of anilines is 1. The lowest BCUT2D eigenvalue weighted by atomic mass is 9.99. The van der Waals surface area contributed by atoms with Gasteiger partial charge in [-0.15, -0.1) is 11.3 Å². The van der Waals surface area contributed by atoms with Gasteiger partial charge in [-0.2, -0.15) is 4.31 Å². The van der Waals surface area contributed by atoms with Gasteiger partial charge in [-0.3, -0.25) is 9.59 Å². The molecule has 0 bridgehead atoms. The number of benzene rings is 1. The van der Waals surface area contributed by atoms with E-state index in [2.05, 4.69) is 10.6 Å². The Labute approximate surface area is 186 Å². The second kappa shape index (κ2) is 9.50. The van der Waals surface area contributed by atoms with Gasteiger partial charge in [-0.25, -0.2) is 8.42 Å². The molecule has 0 aliphatic carbocycles. The summed E-state index contributed by atoms with van der Waals surface area (Å²) >= 11 is 1.66. The summed E-state index contributed by atoms with van der Waals surface area (Å²) in [5.41, 5.74) is 1.52. The molecule has 4 rings (SSSR count). The maximum absolute atomic E-state index is 13.3. The number of nitrogens with one attached hydrogen (secondary N) is 2. The molecule has 2 aliphatic heterocycles. The minimum Gasteiger partial charge on any atom is -0.355 e. The van der Waals surface area contributed by atoms with Gasteiger partial charge in [-0.1, -0.05) is 6.07 Å². The monoisotopic (exact) mass is 461 g/mol. The van der Waals surface area contributed by atoms with Crippen molar-refractivity contribution in [1.29, 1.82) is 0 Å². The van der Waals surface area contributed by atoms with E-state index in [1.807, 2.05) is 17.5 Å². The molecule has 1 aromatic heterocycles. The van der Waals surface area contributed by atoms with Crippen LogP contribution in [0.25, 0.3) is 0 Å². The predicted octanol–water partition coefficient (Wildman–Crippen LogP) is 2.78. The van der Waals surface area contributed by atoms with Crippen LogP contribution in [0.5, 0.6) is 0 Å². The maximum Gasteiger partial charge on any atom is 0.243 e. The SMILES string of the molecule is O=C1CCCc2cc(S(=O)(=O)N3CCCC(C(=O)NCCc4cccs4)C3)ccc2N1. The Morgan fingerprint density at radius 1 is 1.23 bits per heavy atom. The fourth-order valence-corrected chi connectivity index (χ4v) is 6.43. The van der Waals surface area contributed by atoms with Gasteiger partial charge in [0.15, 0.2) is 0 Å². The fourth-order valence-electron chi connectivity index (χ4n) is 4.14. The molecule has 0 saturated carbocycles. The Morgan fingerprint density at radius 2 is 2.10 bits per heavy atom. The van der Waals surface area contributed by atoms with Crippen molar-refractivity contribution in [3.8, 4) is 0 Å². The highest BCUT2D eigenvalue weighted by Crippen LogP contribution is 2.29. The Kier molecular flexibility index (Phi) is 6.74. The van der Waals surface area contributed by atoms with Crippen molar-refractivity contribution in [2.75, 3.05) is 25.0 Å². The summed E-state index contributed by atoms with van der Waals surface area (Å²) in [6.45, 7) is 1.16. The van der Waals surface area contributed by atoms with Crippen molar-refractivity contribution in [3.05, 3.63) is 46.2 Å². The third kappa shape index (κ3) is 5.16. The fraction of sp³-hybridized carbons (Fsp3) is 0.455. The van der Waals surface area contributed by atoms with E-state index in [9.17, 15) is 18.0 Å². The van der Waals surface area contributed by atoms with Crippen LogP contribution in [0, 0.1) is 5.92 Å². The van der Waals surface area contributed by atoms with Crippen molar-refractivity contribution >= 4 is 38.9 Å². The Morgan fingerprint density at radius 3 is 2.90 bits per heavy atom. The van der Waals surface area contributed by atoms with Crippen LogP contribution in [-0.4, -0.2) is 44.2 Å². The first-order chi connectivity index (χ1) is 14.9. The Hall–Kier alpha value is -2.23. The van der Waals surface area contributed by atoms with Gasteiger partial charge in [0.05, 0.1) is 10.8 Å². The number of thiophene rings is 1. The van der Waals surface area contributed by atoms with Crippen molar-refractivity contribution in [2.24, 2.45) is 5.92 Å². The van der Waals surface area contributed by atoms with Crippen LogP contribution in [-0.2, 0) is 32.5 Å².